The highest BCUT2D eigenvalue weighted by Crippen LogP contribution is 2.16. The number of hydrogen-bond acceptors (Lipinski definition) is 4. The molecule has 0 aliphatic carbocycles. The van der Waals surface area contributed by atoms with E-state index in [9.17, 15) is 0 Å². The number of rotatable bonds is 2. The first-order chi connectivity index (χ1) is 6.88. The number of nitrogens with zero attached hydrogens (tertiary/aromatic N) is 3. The van der Waals surface area contributed by atoms with Gasteiger partial charge in [0.1, 0.15) is 6.33 Å². The Kier molecular flexibility index (Phi) is 2.46. The lowest BCUT2D eigenvalue weighted by Crippen LogP contribution is -2.12. The molecule has 0 saturated carbocycles. The number of pyridine rings is 1. The van der Waals surface area contributed by atoms with Gasteiger partial charge in [0.15, 0.2) is 0 Å². The van der Waals surface area contributed by atoms with Gasteiger partial charge in [0.05, 0.1) is 6.04 Å². The maximum absolute atomic E-state index is 6.01. The van der Waals surface area contributed by atoms with E-state index in [1.807, 2.05) is 12.1 Å². The topological polar surface area (TPSA) is 64.7 Å². The molecule has 0 aliphatic rings. The van der Waals surface area contributed by atoms with E-state index in [4.69, 9.17) is 5.73 Å². The zero-order valence-corrected chi connectivity index (χ0v) is 7.54. The summed E-state index contributed by atoms with van der Waals surface area (Å²) in [6.45, 7) is 0. The van der Waals surface area contributed by atoms with Crippen molar-refractivity contribution in [1.29, 1.82) is 0 Å². The van der Waals surface area contributed by atoms with Crippen LogP contribution in [0.15, 0.2) is 43.2 Å². The van der Waals surface area contributed by atoms with Crippen molar-refractivity contribution in [3.63, 3.8) is 0 Å². The smallest absolute Gasteiger partial charge is 0.115 e. The number of nitrogens with two attached hydrogens (primary N) is 1. The van der Waals surface area contributed by atoms with E-state index in [0.717, 1.165) is 11.1 Å². The Bertz CT molecular complexity index is 348. The molecule has 2 N–H and O–H groups in total. The van der Waals surface area contributed by atoms with E-state index >= 15 is 0 Å². The molecule has 0 bridgehead atoms. The molecule has 2 heterocycles. The maximum Gasteiger partial charge on any atom is 0.115 e. The minimum absolute atomic E-state index is 0.181. The SMILES string of the molecule is NC(c1ccncc1)c1cncnc1. The van der Waals surface area contributed by atoms with Crippen LogP contribution in [0.3, 0.4) is 0 Å². The first-order valence-corrected chi connectivity index (χ1v) is 4.28. The summed E-state index contributed by atoms with van der Waals surface area (Å²) in [5.74, 6) is 0. The standard InChI is InChI=1S/C10H10N4/c11-10(8-1-3-12-4-2-8)9-5-13-7-14-6-9/h1-7,10H,11H2. The third-order valence-electron chi connectivity index (χ3n) is 2.00. The zero-order valence-electron chi connectivity index (χ0n) is 7.54. The first kappa shape index (κ1) is 8.77. The fraction of sp³-hybridized carbons (Fsp3) is 0.100. The second-order valence-corrected chi connectivity index (χ2v) is 2.93. The van der Waals surface area contributed by atoms with Gasteiger partial charge in [-0.15, -0.1) is 0 Å². The number of aromatic nitrogens is 3. The van der Waals surface area contributed by atoms with Crippen LogP contribution < -0.4 is 5.73 Å². The molecule has 2 aromatic rings. The summed E-state index contributed by atoms with van der Waals surface area (Å²) in [5.41, 5.74) is 7.92. The molecule has 0 aliphatic heterocycles. The Balaban J connectivity index is 2.30. The van der Waals surface area contributed by atoms with Gasteiger partial charge in [0, 0.05) is 30.4 Å². The van der Waals surface area contributed by atoms with Crippen LogP contribution >= 0.6 is 0 Å². The van der Waals surface area contributed by atoms with Gasteiger partial charge >= 0.3 is 0 Å². The maximum atomic E-state index is 6.01. The Hall–Kier alpha value is -1.81. The average molecular weight is 186 g/mol. The second-order valence-electron chi connectivity index (χ2n) is 2.93. The van der Waals surface area contributed by atoms with E-state index in [1.54, 1.807) is 24.8 Å². The highest BCUT2D eigenvalue weighted by atomic mass is 14.8. The molecule has 0 radical (unpaired) electrons. The predicted octanol–water partition coefficient (Wildman–Crippen LogP) is 0.920. The van der Waals surface area contributed by atoms with Gasteiger partial charge in [0.2, 0.25) is 0 Å². The third kappa shape index (κ3) is 1.75. The molecule has 0 amide bonds. The monoisotopic (exact) mass is 186 g/mol. The van der Waals surface area contributed by atoms with E-state index in [0.29, 0.717) is 0 Å². The molecule has 1 unspecified atom stereocenters. The molecule has 0 fully saturated rings. The van der Waals surface area contributed by atoms with E-state index < -0.39 is 0 Å². The molecule has 4 nitrogen and oxygen atoms in total. The van der Waals surface area contributed by atoms with Crippen molar-refractivity contribution < 1.29 is 0 Å². The van der Waals surface area contributed by atoms with Gasteiger partial charge in [-0.3, -0.25) is 4.98 Å². The lowest BCUT2D eigenvalue weighted by Gasteiger charge is -2.10. The summed E-state index contributed by atoms with van der Waals surface area (Å²) in [6.07, 6.45) is 8.37. The van der Waals surface area contributed by atoms with Gasteiger partial charge in [0.25, 0.3) is 0 Å². The Morgan fingerprint density at radius 3 is 2.21 bits per heavy atom. The predicted molar refractivity (Wildman–Crippen MR) is 52.3 cm³/mol. The molecule has 0 spiro atoms. The average Bonchev–Trinajstić information content (AvgIpc) is 2.30. The van der Waals surface area contributed by atoms with E-state index in [1.165, 1.54) is 6.33 Å². The Labute approximate surface area is 81.9 Å². The number of hydrogen-bond donors (Lipinski definition) is 1. The fourth-order valence-corrected chi connectivity index (χ4v) is 1.23. The summed E-state index contributed by atoms with van der Waals surface area (Å²) in [4.78, 5) is 11.8. The van der Waals surface area contributed by atoms with Gasteiger partial charge in [-0.2, -0.15) is 0 Å². The normalized spacial score (nSPS) is 12.4. The minimum atomic E-state index is -0.181. The largest absolute Gasteiger partial charge is 0.320 e. The van der Waals surface area contributed by atoms with Crippen LogP contribution in [0.4, 0.5) is 0 Å². The van der Waals surface area contributed by atoms with Crippen molar-refractivity contribution in [3.8, 4) is 0 Å². The van der Waals surface area contributed by atoms with Gasteiger partial charge in [-0.25, -0.2) is 9.97 Å². The molecule has 2 rings (SSSR count). The summed E-state index contributed by atoms with van der Waals surface area (Å²) in [7, 11) is 0. The van der Waals surface area contributed by atoms with Crippen molar-refractivity contribution in [2.45, 2.75) is 6.04 Å². The van der Waals surface area contributed by atoms with Crippen LogP contribution in [0.1, 0.15) is 17.2 Å². The highest BCUT2D eigenvalue weighted by molar-refractivity contribution is 5.25. The molecule has 70 valence electrons. The summed E-state index contributed by atoms with van der Waals surface area (Å²) >= 11 is 0. The van der Waals surface area contributed by atoms with Crippen molar-refractivity contribution in [1.82, 2.24) is 15.0 Å². The van der Waals surface area contributed by atoms with Gasteiger partial charge in [-0.05, 0) is 17.7 Å². The van der Waals surface area contributed by atoms with E-state index in [2.05, 4.69) is 15.0 Å². The molecule has 0 aromatic carbocycles. The molecule has 4 heteroatoms. The molecular weight excluding hydrogens is 176 g/mol. The Morgan fingerprint density at radius 2 is 1.57 bits per heavy atom. The lowest BCUT2D eigenvalue weighted by atomic mass is 10.0. The minimum Gasteiger partial charge on any atom is -0.320 e. The van der Waals surface area contributed by atoms with Crippen LogP contribution in [0.2, 0.25) is 0 Å². The highest BCUT2D eigenvalue weighted by Gasteiger charge is 2.07. The van der Waals surface area contributed by atoms with Crippen LogP contribution in [0, 0.1) is 0 Å². The second kappa shape index (κ2) is 3.93. The van der Waals surface area contributed by atoms with Crippen molar-refractivity contribution in [2.75, 3.05) is 0 Å². The molecular formula is C10H10N4. The molecule has 2 aromatic heterocycles. The lowest BCUT2D eigenvalue weighted by molar-refractivity contribution is 0.848. The zero-order chi connectivity index (χ0) is 9.80. The van der Waals surface area contributed by atoms with E-state index in [-0.39, 0.29) is 6.04 Å². The van der Waals surface area contributed by atoms with Crippen molar-refractivity contribution in [3.05, 3.63) is 54.4 Å². The van der Waals surface area contributed by atoms with Crippen LogP contribution in [0.5, 0.6) is 0 Å². The first-order valence-electron chi connectivity index (χ1n) is 4.28. The Morgan fingerprint density at radius 1 is 0.929 bits per heavy atom. The van der Waals surface area contributed by atoms with Crippen molar-refractivity contribution >= 4 is 0 Å². The fourth-order valence-electron chi connectivity index (χ4n) is 1.23. The quantitative estimate of drug-likeness (QED) is 0.757. The van der Waals surface area contributed by atoms with Gasteiger partial charge < -0.3 is 5.73 Å². The molecule has 1 atom stereocenters. The molecule has 14 heavy (non-hydrogen) atoms. The summed E-state index contributed by atoms with van der Waals surface area (Å²) < 4.78 is 0. The molecule has 0 saturated heterocycles. The summed E-state index contributed by atoms with van der Waals surface area (Å²) in [5, 5.41) is 0. The van der Waals surface area contributed by atoms with Crippen LogP contribution in [-0.4, -0.2) is 15.0 Å². The van der Waals surface area contributed by atoms with Crippen molar-refractivity contribution in [2.24, 2.45) is 5.73 Å². The van der Waals surface area contributed by atoms with Gasteiger partial charge in [-0.1, -0.05) is 0 Å². The van der Waals surface area contributed by atoms with Crippen LogP contribution in [-0.2, 0) is 0 Å². The summed E-state index contributed by atoms with van der Waals surface area (Å²) in [6, 6.07) is 3.59. The van der Waals surface area contributed by atoms with Crippen LogP contribution in [0.25, 0.3) is 0 Å². The third-order valence-corrected chi connectivity index (χ3v) is 2.00.